The van der Waals surface area contributed by atoms with E-state index in [0.717, 1.165) is 12.8 Å². The molecule has 0 spiro atoms. The molecule has 0 aliphatic heterocycles. The molecule has 1 unspecified atom stereocenters. The first-order valence-electron chi connectivity index (χ1n) is 2.96. The normalized spacial score (nSPS) is 11.9. The Balaban J connectivity index is 3.16. The van der Waals surface area contributed by atoms with Crippen molar-refractivity contribution >= 4 is 27.5 Å². The number of unbranched alkanes of at least 4 members (excludes halogenated alkanes) is 1. The van der Waals surface area contributed by atoms with E-state index in [1.807, 2.05) is 6.92 Å². The summed E-state index contributed by atoms with van der Waals surface area (Å²) >= 11 is 8.76. The van der Waals surface area contributed by atoms with Gasteiger partial charge in [0.05, 0.1) is 4.83 Å². The Bertz CT molecular complexity index is 110. The molecule has 0 N–H and O–H groups in total. The number of rotatable bonds is 2. The summed E-state index contributed by atoms with van der Waals surface area (Å²) in [7, 11) is 0. The molecule has 0 radical (unpaired) electrons. The molecule has 0 rings (SSSR count). The standard InChI is InChI=1S/C7H10BrCl/c1-7(8)5-3-2-4-6-9/h7H,2,4,6H2,1H3. The van der Waals surface area contributed by atoms with Gasteiger partial charge < -0.3 is 0 Å². The van der Waals surface area contributed by atoms with Gasteiger partial charge in [-0.15, -0.1) is 17.5 Å². The highest BCUT2D eigenvalue weighted by molar-refractivity contribution is 9.09. The maximum absolute atomic E-state index is 5.44. The lowest BCUT2D eigenvalue weighted by molar-refractivity contribution is 0.990. The molecule has 0 aromatic heterocycles. The Morgan fingerprint density at radius 2 is 2.33 bits per heavy atom. The third-order valence-electron chi connectivity index (χ3n) is 0.736. The monoisotopic (exact) mass is 208 g/mol. The van der Waals surface area contributed by atoms with E-state index < -0.39 is 0 Å². The molecule has 0 aliphatic rings. The summed E-state index contributed by atoms with van der Waals surface area (Å²) in [5.41, 5.74) is 0. The Labute approximate surface area is 70.1 Å². The first kappa shape index (κ1) is 9.33. The zero-order chi connectivity index (χ0) is 7.11. The van der Waals surface area contributed by atoms with E-state index in [1.54, 1.807) is 0 Å². The van der Waals surface area contributed by atoms with Crippen LogP contribution in [0.15, 0.2) is 0 Å². The fraction of sp³-hybridized carbons (Fsp3) is 0.714. The van der Waals surface area contributed by atoms with Crippen molar-refractivity contribution in [2.75, 3.05) is 5.88 Å². The van der Waals surface area contributed by atoms with Gasteiger partial charge in [0.15, 0.2) is 0 Å². The van der Waals surface area contributed by atoms with Gasteiger partial charge in [0.1, 0.15) is 0 Å². The molecule has 2 heteroatoms. The van der Waals surface area contributed by atoms with Crippen molar-refractivity contribution in [3.05, 3.63) is 0 Å². The van der Waals surface area contributed by atoms with Crippen molar-refractivity contribution in [2.45, 2.75) is 24.6 Å². The van der Waals surface area contributed by atoms with E-state index in [2.05, 4.69) is 27.8 Å². The number of hydrogen-bond acceptors (Lipinski definition) is 0. The van der Waals surface area contributed by atoms with Gasteiger partial charge in [0, 0.05) is 12.3 Å². The molecule has 52 valence electrons. The van der Waals surface area contributed by atoms with Crippen molar-refractivity contribution in [2.24, 2.45) is 0 Å². The molecule has 0 amide bonds. The lowest BCUT2D eigenvalue weighted by atomic mass is 10.3. The van der Waals surface area contributed by atoms with Crippen LogP contribution in [0.3, 0.4) is 0 Å². The van der Waals surface area contributed by atoms with E-state index in [-0.39, 0.29) is 0 Å². The van der Waals surface area contributed by atoms with Crippen LogP contribution in [0.25, 0.3) is 0 Å². The van der Waals surface area contributed by atoms with Crippen molar-refractivity contribution < 1.29 is 0 Å². The molecule has 0 saturated heterocycles. The highest BCUT2D eigenvalue weighted by Gasteiger charge is 1.82. The van der Waals surface area contributed by atoms with E-state index in [0.29, 0.717) is 10.7 Å². The van der Waals surface area contributed by atoms with Crippen LogP contribution in [0.1, 0.15) is 19.8 Å². The smallest absolute Gasteiger partial charge is 0.0726 e. The minimum absolute atomic E-state index is 0.313. The molecule has 0 aromatic carbocycles. The van der Waals surface area contributed by atoms with Gasteiger partial charge in [-0.2, -0.15) is 0 Å². The minimum atomic E-state index is 0.313. The highest BCUT2D eigenvalue weighted by atomic mass is 79.9. The largest absolute Gasteiger partial charge is 0.127 e. The van der Waals surface area contributed by atoms with Crippen LogP contribution < -0.4 is 0 Å². The first-order valence-corrected chi connectivity index (χ1v) is 4.41. The molecule has 0 fully saturated rings. The van der Waals surface area contributed by atoms with E-state index in [9.17, 15) is 0 Å². The van der Waals surface area contributed by atoms with Crippen LogP contribution in [-0.4, -0.2) is 10.7 Å². The molecular weight excluding hydrogens is 199 g/mol. The fourth-order valence-electron chi connectivity index (χ4n) is 0.368. The van der Waals surface area contributed by atoms with Gasteiger partial charge in [-0.25, -0.2) is 0 Å². The molecule has 0 heterocycles. The summed E-state index contributed by atoms with van der Waals surface area (Å²) < 4.78 is 0. The molecule has 0 aromatic rings. The van der Waals surface area contributed by atoms with Crippen LogP contribution in [0, 0.1) is 11.8 Å². The van der Waals surface area contributed by atoms with E-state index in [1.165, 1.54) is 0 Å². The highest BCUT2D eigenvalue weighted by Crippen LogP contribution is 1.94. The summed E-state index contributed by atoms with van der Waals surface area (Å²) in [5, 5.41) is 0. The minimum Gasteiger partial charge on any atom is -0.127 e. The topological polar surface area (TPSA) is 0 Å². The summed E-state index contributed by atoms with van der Waals surface area (Å²) in [6.07, 6.45) is 1.91. The third kappa shape index (κ3) is 8.33. The Kier molecular flexibility index (Phi) is 6.69. The average Bonchev–Trinajstić information content (AvgIpc) is 1.80. The second kappa shape index (κ2) is 6.45. The number of hydrogen-bond donors (Lipinski definition) is 0. The van der Waals surface area contributed by atoms with Crippen molar-refractivity contribution in [1.29, 1.82) is 0 Å². The van der Waals surface area contributed by atoms with Crippen LogP contribution in [0.5, 0.6) is 0 Å². The van der Waals surface area contributed by atoms with Gasteiger partial charge in [-0.1, -0.05) is 21.9 Å². The summed E-state index contributed by atoms with van der Waals surface area (Å²) in [6.45, 7) is 2.01. The zero-order valence-corrected chi connectivity index (χ0v) is 7.80. The van der Waals surface area contributed by atoms with Gasteiger partial charge in [-0.05, 0) is 13.3 Å². The van der Waals surface area contributed by atoms with Crippen molar-refractivity contribution in [3.8, 4) is 11.8 Å². The molecule has 0 bridgehead atoms. The van der Waals surface area contributed by atoms with Crippen LogP contribution in [0.2, 0.25) is 0 Å². The molecule has 0 nitrogen and oxygen atoms in total. The maximum Gasteiger partial charge on any atom is 0.0726 e. The predicted octanol–water partition coefficient (Wildman–Crippen LogP) is 2.79. The molecule has 1 atom stereocenters. The fourth-order valence-corrected chi connectivity index (χ4v) is 0.664. The number of halogens is 2. The second-order valence-corrected chi connectivity index (χ2v) is 3.48. The molecule has 9 heavy (non-hydrogen) atoms. The molecule has 0 saturated carbocycles. The Morgan fingerprint density at radius 3 is 2.78 bits per heavy atom. The van der Waals surface area contributed by atoms with E-state index >= 15 is 0 Å². The quantitative estimate of drug-likeness (QED) is 0.373. The first-order chi connectivity index (χ1) is 4.27. The van der Waals surface area contributed by atoms with Crippen molar-refractivity contribution in [1.82, 2.24) is 0 Å². The maximum atomic E-state index is 5.44. The lowest BCUT2D eigenvalue weighted by Crippen LogP contribution is -1.80. The zero-order valence-electron chi connectivity index (χ0n) is 5.45. The SMILES string of the molecule is CC(Br)C#CCCCCl. The summed E-state index contributed by atoms with van der Waals surface area (Å²) in [6, 6.07) is 0. The van der Waals surface area contributed by atoms with Crippen LogP contribution in [0.4, 0.5) is 0 Å². The summed E-state index contributed by atoms with van der Waals surface area (Å²) in [4.78, 5) is 0.313. The lowest BCUT2D eigenvalue weighted by Gasteiger charge is -1.85. The van der Waals surface area contributed by atoms with Crippen LogP contribution in [-0.2, 0) is 0 Å². The number of alkyl halides is 2. The predicted molar refractivity (Wildman–Crippen MR) is 46.1 cm³/mol. The van der Waals surface area contributed by atoms with Gasteiger partial charge in [0.2, 0.25) is 0 Å². The van der Waals surface area contributed by atoms with Crippen molar-refractivity contribution in [3.63, 3.8) is 0 Å². The average molecular weight is 210 g/mol. The molecule has 0 aliphatic carbocycles. The van der Waals surface area contributed by atoms with Gasteiger partial charge in [0.25, 0.3) is 0 Å². The third-order valence-corrected chi connectivity index (χ3v) is 1.23. The Morgan fingerprint density at radius 1 is 1.67 bits per heavy atom. The van der Waals surface area contributed by atoms with Gasteiger partial charge >= 0.3 is 0 Å². The Hall–Kier alpha value is 0.330. The van der Waals surface area contributed by atoms with Crippen LogP contribution >= 0.6 is 27.5 Å². The second-order valence-electron chi connectivity index (χ2n) is 1.73. The van der Waals surface area contributed by atoms with Gasteiger partial charge in [-0.3, -0.25) is 0 Å². The molecular formula is C7H10BrCl. The van der Waals surface area contributed by atoms with E-state index in [4.69, 9.17) is 11.6 Å². The summed E-state index contributed by atoms with van der Waals surface area (Å²) in [5.74, 6) is 6.71.